The van der Waals surface area contributed by atoms with Gasteiger partial charge in [0.1, 0.15) is 18.9 Å². The highest BCUT2D eigenvalue weighted by Gasteiger charge is 2.38. The Hall–Kier alpha value is -4.10. The molecular formula is C23H24N4O8S. The van der Waals surface area contributed by atoms with Gasteiger partial charge in [-0.05, 0) is 24.3 Å². The number of aliphatic carboxylic acids is 1. The third-order valence-electron chi connectivity index (χ3n) is 5.33. The molecule has 0 bridgehead atoms. The number of hydrogen-bond acceptors (Lipinski definition) is 7. The summed E-state index contributed by atoms with van der Waals surface area (Å²) in [6, 6.07) is 10.8. The number of rotatable bonds is 9. The number of sulfonamides is 1. The number of nitrogens with zero attached hydrogens (tertiary/aromatic N) is 2. The molecule has 0 saturated heterocycles. The van der Waals surface area contributed by atoms with Crippen molar-refractivity contribution in [2.45, 2.75) is 30.3 Å². The molecule has 2 atom stereocenters. The van der Waals surface area contributed by atoms with E-state index in [1.54, 1.807) is 24.3 Å². The van der Waals surface area contributed by atoms with Crippen LogP contribution in [0.1, 0.15) is 13.3 Å². The minimum Gasteiger partial charge on any atom is -0.481 e. The van der Waals surface area contributed by atoms with Gasteiger partial charge in [0.25, 0.3) is 0 Å². The van der Waals surface area contributed by atoms with E-state index >= 15 is 0 Å². The summed E-state index contributed by atoms with van der Waals surface area (Å²) in [5.74, 6) is -3.44. The van der Waals surface area contributed by atoms with Crippen molar-refractivity contribution < 1.29 is 37.5 Å². The summed E-state index contributed by atoms with van der Waals surface area (Å²) in [5, 5.41) is 11.1. The van der Waals surface area contributed by atoms with Gasteiger partial charge in [-0.25, -0.2) is 8.42 Å². The Kier molecular flexibility index (Phi) is 8.17. The van der Waals surface area contributed by atoms with Gasteiger partial charge >= 0.3 is 5.97 Å². The van der Waals surface area contributed by atoms with E-state index in [2.05, 4.69) is 10.0 Å². The number of amides is 3. The summed E-state index contributed by atoms with van der Waals surface area (Å²) < 4.78 is 28.3. The molecule has 12 nitrogen and oxygen atoms in total. The molecule has 0 fully saturated rings. The lowest BCUT2D eigenvalue weighted by Crippen LogP contribution is -2.54. The van der Waals surface area contributed by atoms with Crippen LogP contribution in [0.3, 0.4) is 0 Å². The lowest BCUT2D eigenvalue weighted by atomic mass is 10.2. The van der Waals surface area contributed by atoms with Gasteiger partial charge in [0.2, 0.25) is 27.7 Å². The normalized spacial score (nSPS) is 16.5. The Morgan fingerprint density at radius 3 is 2.28 bits per heavy atom. The maximum atomic E-state index is 13.6. The van der Waals surface area contributed by atoms with Gasteiger partial charge in [-0.15, -0.1) is 0 Å². The smallest absolute Gasteiger partial charge is 0.305 e. The first-order valence-electron chi connectivity index (χ1n) is 10.8. The van der Waals surface area contributed by atoms with Crippen molar-refractivity contribution in [1.82, 2.24) is 10.0 Å². The first kappa shape index (κ1) is 26.5. The van der Waals surface area contributed by atoms with E-state index in [1.165, 1.54) is 42.2 Å². The summed E-state index contributed by atoms with van der Waals surface area (Å²) in [5.41, 5.74) is 0.431. The first-order valence-corrected chi connectivity index (χ1v) is 12.2. The van der Waals surface area contributed by atoms with E-state index in [9.17, 15) is 32.4 Å². The second-order valence-corrected chi connectivity index (χ2v) is 9.65. The fraction of sp³-hybridized carbons (Fsp3) is 0.261. The monoisotopic (exact) mass is 516 g/mol. The number of aldehydes is 1. The van der Waals surface area contributed by atoms with Gasteiger partial charge in [-0.2, -0.15) is 4.72 Å². The summed E-state index contributed by atoms with van der Waals surface area (Å²) in [6.45, 7) is 0.257. The minimum absolute atomic E-state index is 0.0966. The fourth-order valence-corrected chi connectivity index (χ4v) is 4.91. The zero-order valence-electron chi connectivity index (χ0n) is 19.2. The number of carboxylic acid groups (broad SMARTS) is 1. The number of benzene rings is 2. The Morgan fingerprint density at radius 2 is 1.69 bits per heavy atom. The number of nitrogens with one attached hydrogen (secondary N) is 2. The summed E-state index contributed by atoms with van der Waals surface area (Å²) in [4.78, 5) is 62.9. The van der Waals surface area contributed by atoms with Crippen molar-refractivity contribution >= 4 is 51.4 Å². The summed E-state index contributed by atoms with van der Waals surface area (Å²) in [7, 11) is -4.18. The molecule has 13 heteroatoms. The standard InChI is InChI=1S/C23H24N4O8S/c1-15(29)26-12-18(25-36(34,35)17-7-3-2-4-8-17)23(33)27(20-10-6-5-9-19(20)26)13-21(30)24-16(14-28)11-22(31)32/h2-10,14,16,18,25H,11-13H2,1H3,(H,24,30)(H,31,32)/t16-,18-/m0/s1. The average Bonchev–Trinajstić information content (AvgIpc) is 2.94. The van der Waals surface area contributed by atoms with E-state index in [0.717, 1.165) is 4.90 Å². The van der Waals surface area contributed by atoms with E-state index in [0.29, 0.717) is 0 Å². The molecule has 0 saturated carbocycles. The van der Waals surface area contributed by atoms with E-state index < -0.39 is 58.8 Å². The number of anilines is 2. The molecule has 1 aliphatic rings. The zero-order valence-corrected chi connectivity index (χ0v) is 20.0. The molecule has 0 unspecified atom stereocenters. The Bertz CT molecular complexity index is 1280. The number of para-hydroxylation sites is 2. The highest BCUT2D eigenvalue weighted by Crippen LogP contribution is 2.33. The molecule has 2 aromatic carbocycles. The SMILES string of the molecule is CC(=O)N1C[C@H](NS(=O)(=O)c2ccccc2)C(=O)N(CC(=O)N[C@H](C=O)CC(=O)O)c2ccccc21. The van der Waals surface area contributed by atoms with Crippen molar-refractivity contribution in [3.63, 3.8) is 0 Å². The van der Waals surface area contributed by atoms with Gasteiger partial charge in [-0.3, -0.25) is 24.1 Å². The molecule has 3 amide bonds. The zero-order chi connectivity index (χ0) is 26.5. The molecule has 0 aliphatic carbocycles. The number of carbonyl (C=O) groups is 5. The van der Waals surface area contributed by atoms with Crippen molar-refractivity contribution in [2.75, 3.05) is 22.9 Å². The predicted octanol–water partition coefficient (Wildman–Crippen LogP) is -0.108. The maximum absolute atomic E-state index is 13.6. The predicted molar refractivity (Wildman–Crippen MR) is 128 cm³/mol. The number of fused-ring (bicyclic) bond motifs is 1. The molecule has 190 valence electrons. The summed E-state index contributed by atoms with van der Waals surface area (Å²) >= 11 is 0. The average molecular weight is 517 g/mol. The van der Waals surface area contributed by atoms with Crippen LogP contribution < -0.4 is 19.8 Å². The molecule has 0 radical (unpaired) electrons. The molecule has 2 aromatic rings. The molecule has 1 aliphatic heterocycles. The maximum Gasteiger partial charge on any atom is 0.305 e. The van der Waals surface area contributed by atoms with Gasteiger partial charge < -0.3 is 20.1 Å². The molecule has 3 N–H and O–H groups in total. The van der Waals surface area contributed by atoms with Crippen LogP contribution in [-0.4, -0.2) is 68.7 Å². The largest absolute Gasteiger partial charge is 0.481 e. The Labute approximate surface area is 206 Å². The van der Waals surface area contributed by atoms with Gasteiger partial charge in [-0.1, -0.05) is 30.3 Å². The highest BCUT2D eigenvalue weighted by molar-refractivity contribution is 7.89. The van der Waals surface area contributed by atoms with Crippen molar-refractivity contribution in [1.29, 1.82) is 0 Å². The van der Waals surface area contributed by atoms with Crippen LogP contribution >= 0.6 is 0 Å². The quantitative estimate of drug-likeness (QED) is 0.388. The van der Waals surface area contributed by atoms with Crippen molar-refractivity contribution in [2.24, 2.45) is 0 Å². The van der Waals surface area contributed by atoms with Crippen LogP contribution in [-0.2, 0) is 34.0 Å². The van der Waals surface area contributed by atoms with Crippen LogP contribution in [0, 0.1) is 0 Å². The van der Waals surface area contributed by atoms with Crippen LogP contribution in [0.4, 0.5) is 11.4 Å². The lowest BCUT2D eigenvalue weighted by molar-refractivity contribution is -0.139. The molecule has 0 aromatic heterocycles. The van der Waals surface area contributed by atoms with Crippen LogP contribution in [0.25, 0.3) is 0 Å². The van der Waals surface area contributed by atoms with E-state index in [-0.39, 0.29) is 29.1 Å². The van der Waals surface area contributed by atoms with Crippen LogP contribution in [0.2, 0.25) is 0 Å². The second kappa shape index (κ2) is 11.1. The lowest BCUT2D eigenvalue weighted by Gasteiger charge is -2.25. The molecular weight excluding hydrogens is 492 g/mol. The number of hydrogen-bond donors (Lipinski definition) is 3. The highest BCUT2D eigenvalue weighted by atomic mass is 32.2. The van der Waals surface area contributed by atoms with Crippen molar-refractivity contribution in [3.8, 4) is 0 Å². The van der Waals surface area contributed by atoms with Gasteiger partial charge in [0.05, 0.1) is 35.3 Å². The molecule has 3 rings (SSSR count). The van der Waals surface area contributed by atoms with Gasteiger partial charge in [0.15, 0.2) is 0 Å². The number of carboxylic acids is 1. The van der Waals surface area contributed by atoms with Crippen LogP contribution in [0.15, 0.2) is 59.5 Å². The Morgan fingerprint density at radius 1 is 1.08 bits per heavy atom. The number of carbonyl (C=O) groups excluding carboxylic acids is 4. The topological polar surface area (TPSA) is 170 Å². The van der Waals surface area contributed by atoms with E-state index in [4.69, 9.17) is 5.11 Å². The van der Waals surface area contributed by atoms with Crippen molar-refractivity contribution in [3.05, 3.63) is 54.6 Å². The van der Waals surface area contributed by atoms with Crippen LogP contribution in [0.5, 0.6) is 0 Å². The molecule has 0 spiro atoms. The van der Waals surface area contributed by atoms with Gasteiger partial charge in [0, 0.05) is 6.92 Å². The second-order valence-electron chi connectivity index (χ2n) is 7.94. The first-order chi connectivity index (χ1) is 17.0. The fourth-order valence-electron chi connectivity index (χ4n) is 3.71. The minimum atomic E-state index is -4.18. The third kappa shape index (κ3) is 6.12. The third-order valence-corrected chi connectivity index (χ3v) is 6.82. The van der Waals surface area contributed by atoms with E-state index in [1.807, 2.05) is 0 Å². The Balaban J connectivity index is 1.98. The molecule has 1 heterocycles. The molecule has 36 heavy (non-hydrogen) atoms. The summed E-state index contributed by atoms with van der Waals surface area (Å²) in [6.07, 6.45) is -0.393.